The standard InChI is InChI=1S/C62H97Si.3ClH.Ti/c1-8-15-21-27-35-52-43-53(36-28-22-16-9-2)47-59(46-52)63(62-42-33-41-58(62)34-14-7,60-48-54(37-29-23-17-10-3)44-55(49-60)38-30-24-18-11-4)61-50-56(39-31-25-19-12-5)45-57(51-61)40-32-26-20-13-6;;;;/h33,43-51H,8-32,34-40,42H2,1-7H3;3*1H;/q;;;;+3/p-3. The van der Waals surface area contributed by atoms with E-state index >= 15 is 0 Å². The summed E-state index contributed by atoms with van der Waals surface area (Å²) in [5.74, 6) is 0. The van der Waals surface area contributed by atoms with Crippen molar-refractivity contribution >= 4 is 23.6 Å². The molecule has 3 aromatic carbocycles. The normalized spacial score (nSPS) is 12.5. The van der Waals surface area contributed by atoms with E-state index in [1.165, 1.54) is 205 Å². The fourth-order valence-corrected chi connectivity index (χ4v) is 17.3. The molecule has 0 N–H and O–H groups in total. The molecule has 0 aromatic heterocycles. The third-order valence-corrected chi connectivity index (χ3v) is 20.2. The van der Waals surface area contributed by atoms with Gasteiger partial charge in [-0.2, -0.15) is 0 Å². The molecule has 0 atom stereocenters. The Hall–Kier alpha value is -1.06. The molecular formula is C62H97Cl3SiTi. The maximum Gasteiger partial charge on any atom is -1.00 e. The Balaban J connectivity index is 0.00000748. The third kappa shape index (κ3) is 20.9. The molecule has 0 spiro atoms. The molecule has 67 heavy (non-hydrogen) atoms. The Bertz CT molecular complexity index is 1560. The second kappa shape index (κ2) is 37.7. The summed E-state index contributed by atoms with van der Waals surface area (Å²) in [6.45, 7) is 16.6. The Morgan fingerprint density at radius 1 is 0.328 bits per heavy atom. The molecule has 3 aromatic rings. The van der Waals surface area contributed by atoms with Gasteiger partial charge in [-0.15, -0.1) is 0 Å². The number of hydrogen-bond donors (Lipinski definition) is 0. The van der Waals surface area contributed by atoms with Crippen LogP contribution in [0, 0.1) is 0 Å². The van der Waals surface area contributed by atoms with Gasteiger partial charge in [0.25, 0.3) is 0 Å². The largest absolute Gasteiger partial charge is 1.00 e. The van der Waals surface area contributed by atoms with Gasteiger partial charge in [0.05, 0.1) is 0 Å². The van der Waals surface area contributed by atoms with E-state index in [1.54, 1.807) is 58.4 Å². The van der Waals surface area contributed by atoms with Crippen molar-refractivity contribution < 1.29 is 57.7 Å². The van der Waals surface area contributed by atoms with Crippen molar-refractivity contribution in [3.05, 3.63) is 109 Å². The summed E-state index contributed by atoms with van der Waals surface area (Å²) in [5.41, 5.74) is 11.4. The van der Waals surface area contributed by atoms with Crippen LogP contribution in [0.1, 0.15) is 255 Å². The van der Waals surface area contributed by atoms with Crippen LogP contribution in [-0.4, -0.2) is 8.07 Å². The molecule has 0 heterocycles. The van der Waals surface area contributed by atoms with E-state index in [0.717, 1.165) is 6.42 Å². The molecule has 1 aliphatic carbocycles. The quantitative estimate of drug-likeness (QED) is 0.0313. The van der Waals surface area contributed by atoms with Gasteiger partial charge >= 0.3 is 372 Å². The van der Waals surface area contributed by atoms with Crippen molar-refractivity contribution in [3.63, 3.8) is 0 Å². The molecule has 0 unspecified atom stereocenters. The molecule has 1 aliphatic rings. The van der Waals surface area contributed by atoms with E-state index < -0.39 is 8.07 Å². The number of benzene rings is 3. The number of unbranched alkanes of at least 4 members (excludes halogenated alkanes) is 18. The van der Waals surface area contributed by atoms with E-state index in [0.29, 0.717) is 0 Å². The Morgan fingerprint density at radius 2 is 0.582 bits per heavy atom. The minimum Gasteiger partial charge on any atom is -1.00 e. The molecule has 4 rings (SSSR count). The fourth-order valence-electron chi connectivity index (χ4n) is 10.9. The number of hydrogen-bond acceptors (Lipinski definition) is 0. The average molecular weight is 1020 g/mol. The van der Waals surface area contributed by atoms with Crippen LogP contribution in [0.3, 0.4) is 0 Å². The van der Waals surface area contributed by atoms with Crippen LogP contribution in [0.15, 0.2) is 75.3 Å². The Kier molecular flexibility index (Phi) is 36.0. The van der Waals surface area contributed by atoms with Crippen molar-refractivity contribution in [3.8, 4) is 0 Å². The van der Waals surface area contributed by atoms with Gasteiger partial charge in [-0.3, -0.25) is 0 Å². The van der Waals surface area contributed by atoms with Gasteiger partial charge in [0.2, 0.25) is 0 Å². The minimum atomic E-state index is -2.82. The van der Waals surface area contributed by atoms with Crippen LogP contribution in [0.5, 0.6) is 0 Å². The van der Waals surface area contributed by atoms with Gasteiger partial charge in [0.15, 0.2) is 0 Å². The van der Waals surface area contributed by atoms with Crippen LogP contribution in [0.4, 0.5) is 0 Å². The maximum absolute atomic E-state index is 2.82. The zero-order valence-corrected chi connectivity index (χ0v) is 49.1. The molecule has 0 aliphatic heterocycles. The van der Waals surface area contributed by atoms with Crippen molar-refractivity contribution in [2.45, 2.75) is 260 Å². The zero-order valence-electron chi connectivity index (χ0n) is 44.2. The fraction of sp³-hybridized carbons (Fsp3) is 0.645. The molecule has 0 radical (unpaired) electrons. The maximum atomic E-state index is 2.82. The van der Waals surface area contributed by atoms with Crippen LogP contribution in [-0.2, 0) is 59.0 Å². The SMILES string of the molecule is CCCCCCc1cc(CCCCCC)cc([Si](C2=C(CCC)[C]([Ti+3])=CC2)(c2cc(CCCCCC)cc(CCCCCC)c2)c2cc(CCCCCC)cc(CCCCCC)c2)c1.[Cl-].[Cl-].[Cl-]. The zero-order chi connectivity index (χ0) is 45.8. The van der Waals surface area contributed by atoms with Crippen LogP contribution < -0.4 is 52.8 Å². The van der Waals surface area contributed by atoms with Crippen LogP contribution in [0.25, 0.3) is 0 Å². The summed E-state index contributed by atoms with van der Waals surface area (Å²) < 4.78 is 1.57. The van der Waals surface area contributed by atoms with Gasteiger partial charge in [0.1, 0.15) is 0 Å². The van der Waals surface area contributed by atoms with E-state index in [-0.39, 0.29) is 37.2 Å². The monoisotopic (exact) mass is 1020 g/mol. The van der Waals surface area contributed by atoms with Crippen molar-refractivity contribution in [1.82, 2.24) is 0 Å². The Labute approximate surface area is 447 Å². The first-order chi connectivity index (χ1) is 31.4. The first kappa shape index (κ1) is 64.0. The topological polar surface area (TPSA) is 0 Å². The molecule has 0 saturated heterocycles. The van der Waals surface area contributed by atoms with Gasteiger partial charge in [-0.25, -0.2) is 0 Å². The minimum absolute atomic E-state index is 0. The summed E-state index contributed by atoms with van der Waals surface area (Å²) in [7, 11) is -2.82. The van der Waals surface area contributed by atoms with Crippen molar-refractivity contribution in [2.24, 2.45) is 0 Å². The number of rotatable bonds is 36. The van der Waals surface area contributed by atoms with Crippen molar-refractivity contribution in [2.75, 3.05) is 0 Å². The number of aryl methyl sites for hydroxylation is 6. The van der Waals surface area contributed by atoms with E-state index in [2.05, 4.69) is 130 Å². The number of halogens is 3. The second-order valence-corrected chi connectivity index (χ2v) is 24.9. The molecule has 0 fully saturated rings. The van der Waals surface area contributed by atoms with Gasteiger partial charge in [-0.05, 0) is 0 Å². The summed E-state index contributed by atoms with van der Waals surface area (Å²) in [4.78, 5) is 0. The molecule has 0 bridgehead atoms. The molecule has 0 amide bonds. The predicted molar refractivity (Wildman–Crippen MR) is 286 cm³/mol. The van der Waals surface area contributed by atoms with Crippen LogP contribution >= 0.6 is 0 Å². The number of allylic oxidation sites excluding steroid dienone is 4. The summed E-state index contributed by atoms with van der Waals surface area (Å²) in [6, 6.07) is 24.9. The van der Waals surface area contributed by atoms with E-state index in [9.17, 15) is 0 Å². The van der Waals surface area contributed by atoms with E-state index in [4.69, 9.17) is 0 Å². The summed E-state index contributed by atoms with van der Waals surface area (Å²) >= 11 is 2.47. The second-order valence-electron chi connectivity index (χ2n) is 20.3. The van der Waals surface area contributed by atoms with Crippen molar-refractivity contribution in [1.29, 1.82) is 0 Å². The van der Waals surface area contributed by atoms with Gasteiger partial charge in [0, 0.05) is 0 Å². The predicted octanol–water partition coefficient (Wildman–Crippen LogP) is 8.38. The molecule has 0 nitrogen and oxygen atoms in total. The van der Waals surface area contributed by atoms with Crippen LogP contribution in [0.2, 0.25) is 0 Å². The molecular weight excluding hydrogens is 927 g/mol. The average Bonchev–Trinajstić information content (AvgIpc) is 3.66. The molecule has 374 valence electrons. The van der Waals surface area contributed by atoms with E-state index in [1.807, 2.05) is 5.20 Å². The first-order valence-electron chi connectivity index (χ1n) is 27.9. The first-order valence-corrected chi connectivity index (χ1v) is 30.7. The molecule has 5 heteroatoms. The Morgan fingerprint density at radius 3 is 0.806 bits per heavy atom. The van der Waals surface area contributed by atoms with Gasteiger partial charge in [-0.1, -0.05) is 41.5 Å². The van der Waals surface area contributed by atoms with Gasteiger partial charge < -0.3 is 37.2 Å². The molecule has 0 saturated carbocycles. The smallest absolute Gasteiger partial charge is 1.00 e. The third-order valence-electron chi connectivity index (χ3n) is 14.5. The summed E-state index contributed by atoms with van der Waals surface area (Å²) in [6.07, 6.45) is 45.1. The summed E-state index contributed by atoms with van der Waals surface area (Å²) in [5, 5.41) is 6.94.